The molecule has 0 radical (unpaired) electrons. The van der Waals surface area contributed by atoms with Crippen molar-refractivity contribution in [2.24, 2.45) is 0 Å². The largest absolute Gasteiger partial charge is 0.463 e. The van der Waals surface area contributed by atoms with E-state index in [2.05, 4.69) is 4.74 Å². The molecule has 0 aliphatic carbocycles. The van der Waals surface area contributed by atoms with Gasteiger partial charge in [-0.25, -0.2) is 9.86 Å². The number of carbonyl (C=O) groups is 3. The fourth-order valence-corrected chi connectivity index (χ4v) is 1.79. The van der Waals surface area contributed by atoms with Crippen LogP contribution in [0.4, 0.5) is 0 Å². The summed E-state index contributed by atoms with van der Waals surface area (Å²) >= 11 is 11.7. The van der Waals surface area contributed by atoms with E-state index in [1.54, 1.807) is 18.2 Å². The van der Waals surface area contributed by atoms with E-state index in [4.69, 9.17) is 28.0 Å². The van der Waals surface area contributed by atoms with Crippen molar-refractivity contribution >= 4 is 40.9 Å². The third-order valence-corrected chi connectivity index (χ3v) is 3.27. The molecule has 0 unspecified atom stereocenters. The maximum atomic E-state index is 11.9. The van der Waals surface area contributed by atoms with Gasteiger partial charge in [-0.05, 0) is 17.7 Å². The van der Waals surface area contributed by atoms with E-state index in [0.29, 0.717) is 15.6 Å². The number of ether oxygens (including phenoxy) is 1. The maximum Gasteiger partial charge on any atom is 0.374 e. The molecular weight excluding hydrogens is 321 g/mol. The van der Waals surface area contributed by atoms with Gasteiger partial charge in [0, 0.05) is 0 Å². The molecule has 1 rings (SSSR count). The molecule has 0 bridgehead atoms. The standard InChI is InChI=1S/C13H13Cl2NO5/c1-20-13(19)11(17)6-12(18)16(21-2)7-8-3-4-9(14)10(15)5-8/h3-5H,6-7H2,1-2H3. The van der Waals surface area contributed by atoms with Crippen molar-refractivity contribution in [2.45, 2.75) is 13.0 Å². The third-order valence-electron chi connectivity index (χ3n) is 2.53. The van der Waals surface area contributed by atoms with Crippen LogP contribution in [0.5, 0.6) is 0 Å². The van der Waals surface area contributed by atoms with Crippen molar-refractivity contribution in [3.8, 4) is 0 Å². The SMILES string of the molecule is COC(=O)C(=O)CC(=O)N(Cc1ccc(Cl)c(Cl)c1)OC. The summed E-state index contributed by atoms with van der Waals surface area (Å²) in [5.41, 5.74) is 0.658. The van der Waals surface area contributed by atoms with Gasteiger partial charge in [0.25, 0.3) is 5.91 Å². The number of carbonyl (C=O) groups excluding carboxylic acids is 3. The van der Waals surface area contributed by atoms with E-state index in [-0.39, 0.29) is 6.54 Å². The number of ketones is 1. The van der Waals surface area contributed by atoms with Crippen LogP contribution >= 0.6 is 23.2 Å². The van der Waals surface area contributed by atoms with Crippen molar-refractivity contribution < 1.29 is 24.0 Å². The molecule has 0 saturated heterocycles. The lowest BCUT2D eigenvalue weighted by molar-refractivity contribution is -0.180. The average Bonchev–Trinajstić information content (AvgIpc) is 2.47. The van der Waals surface area contributed by atoms with Crippen LogP contribution in [0.25, 0.3) is 0 Å². The number of methoxy groups -OCH3 is 1. The normalized spacial score (nSPS) is 10.1. The molecule has 0 atom stereocenters. The molecule has 1 amide bonds. The van der Waals surface area contributed by atoms with Crippen LogP contribution in [0, 0.1) is 0 Å². The van der Waals surface area contributed by atoms with Gasteiger partial charge in [0.05, 0.1) is 37.2 Å². The van der Waals surface area contributed by atoms with Gasteiger partial charge < -0.3 is 4.74 Å². The molecule has 0 N–H and O–H groups in total. The van der Waals surface area contributed by atoms with Crippen molar-refractivity contribution in [2.75, 3.05) is 14.2 Å². The number of hydrogen-bond donors (Lipinski definition) is 0. The van der Waals surface area contributed by atoms with Crippen LogP contribution in [-0.2, 0) is 30.5 Å². The number of benzene rings is 1. The zero-order chi connectivity index (χ0) is 16.0. The Bertz CT molecular complexity index is 561. The average molecular weight is 334 g/mol. The Balaban J connectivity index is 2.73. The molecule has 0 aromatic heterocycles. The summed E-state index contributed by atoms with van der Waals surface area (Å²) in [5.74, 6) is -2.69. The molecule has 0 fully saturated rings. The summed E-state index contributed by atoms with van der Waals surface area (Å²) in [5, 5.41) is 1.67. The van der Waals surface area contributed by atoms with Crippen LogP contribution in [0.2, 0.25) is 10.0 Å². The summed E-state index contributed by atoms with van der Waals surface area (Å²) in [6, 6.07) is 4.82. The lowest BCUT2D eigenvalue weighted by atomic mass is 10.2. The van der Waals surface area contributed by atoms with Crippen LogP contribution < -0.4 is 0 Å². The minimum atomic E-state index is -1.08. The second kappa shape index (κ2) is 7.97. The minimum absolute atomic E-state index is 0.0562. The van der Waals surface area contributed by atoms with Gasteiger partial charge in [-0.15, -0.1) is 0 Å². The first-order chi connectivity index (χ1) is 9.88. The molecule has 0 saturated carbocycles. The number of amides is 1. The minimum Gasteiger partial charge on any atom is -0.463 e. The molecule has 0 aliphatic heterocycles. The fraction of sp³-hybridized carbons (Fsp3) is 0.308. The Morgan fingerprint density at radius 3 is 2.33 bits per heavy atom. The molecule has 114 valence electrons. The zero-order valence-electron chi connectivity index (χ0n) is 11.4. The molecular formula is C13H13Cl2NO5. The summed E-state index contributed by atoms with van der Waals surface area (Å²) in [6.45, 7) is 0.0562. The second-order valence-corrected chi connectivity index (χ2v) is 4.77. The Hall–Kier alpha value is -1.63. The molecule has 21 heavy (non-hydrogen) atoms. The monoisotopic (exact) mass is 333 g/mol. The number of halogens is 2. The Morgan fingerprint density at radius 2 is 1.81 bits per heavy atom. The van der Waals surface area contributed by atoms with Crippen LogP contribution in [0.15, 0.2) is 18.2 Å². The highest BCUT2D eigenvalue weighted by Crippen LogP contribution is 2.23. The van der Waals surface area contributed by atoms with Crippen LogP contribution in [0.3, 0.4) is 0 Å². The summed E-state index contributed by atoms with van der Waals surface area (Å²) in [7, 11) is 2.34. The summed E-state index contributed by atoms with van der Waals surface area (Å²) in [6.07, 6.45) is -0.637. The van der Waals surface area contributed by atoms with Crippen molar-refractivity contribution in [1.29, 1.82) is 0 Å². The van der Waals surface area contributed by atoms with Crippen molar-refractivity contribution in [3.63, 3.8) is 0 Å². The van der Waals surface area contributed by atoms with Crippen LogP contribution in [0.1, 0.15) is 12.0 Å². The van der Waals surface area contributed by atoms with E-state index in [1.807, 2.05) is 0 Å². The Morgan fingerprint density at radius 1 is 1.14 bits per heavy atom. The van der Waals surface area contributed by atoms with E-state index in [9.17, 15) is 14.4 Å². The van der Waals surface area contributed by atoms with Crippen molar-refractivity contribution in [1.82, 2.24) is 5.06 Å². The van der Waals surface area contributed by atoms with Gasteiger partial charge >= 0.3 is 5.97 Å². The predicted octanol–water partition coefficient (Wildman–Crippen LogP) is 2.02. The predicted molar refractivity (Wildman–Crippen MR) is 75.7 cm³/mol. The molecule has 1 aromatic rings. The van der Waals surface area contributed by atoms with E-state index in [0.717, 1.165) is 12.2 Å². The quantitative estimate of drug-likeness (QED) is 0.344. The second-order valence-electron chi connectivity index (χ2n) is 3.95. The lowest BCUT2D eigenvalue weighted by Crippen LogP contribution is -2.33. The highest BCUT2D eigenvalue weighted by atomic mass is 35.5. The number of hydrogen-bond acceptors (Lipinski definition) is 5. The highest BCUT2D eigenvalue weighted by molar-refractivity contribution is 6.42. The maximum absolute atomic E-state index is 11.9. The van der Waals surface area contributed by atoms with Gasteiger partial charge in [0.2, 0.25) is 5.78 Å². The van der Waals surface area contributed by atoms with Gasteiger partial charge in [0.15, 0.2) is 0 Å². The summed E-state index contributed by atoms with van der Waals surface area (Å²) in [4.78, 5) is 39.1. The number of esters is 1. The molecule has 8 heteroatoms. The van der Waals surface area contributed by atoms with E-state index < -0.39 is 24.1 Å². The van der Waals surface area contributed by atoms with Gasteiger partial charge in [-0.2, -0.15) is 0 Å². The van der Waals surface area contributed by atoms with Gasteiger partial charge in [-0.3, -0.25) is 14.4 Å². The number of nitrogens with zero attached hydrogens (tertiary/aromatic N) is 1. The lowest BCUT2D eigenvalue weighted by Gasteiger charge is -2.19. The van der Waals surface area contributed by atoms with E-state index >= 15 is 0 Å². The molecule has 0 spiro atoms. The number of Topliss-reactive ketones (excluding diaryl/α,β-unsaturated/α-hetero) is 1. The molecule has 6 nitrogen and oxygen atoms in total. The summed E-state index contributed by atoms with van der Waals surface area (Å²) < 4.78 is 4.24. The third kappa shape index (κ3) is 5.00. The molecule has 0 heterocycles. The van der Waals surface area contributed by atoms with Gasteiger partial charge in [-0.1, -0.05) is 29.3 Å². The van der Waals surface area contributed by atoms with E-state index in [1.165, 1.54) is 7.11 Å². The Kier molecular flexibility index (Phi) is 6.61. The van der Waals surface area contributed by atoms with Crippen molar-refractivity contribution in [3.05, 3.63) is 33.8 Å². The first-order valence-corrected chi connectivity index (χ1v) is 6.54. The first-order valence-electron chi connectivity index (χ1n) is 5.78. The smallest absolute Gasteiger partial charge is 0.374 e. The topological polar surface area (TPSA) is 72.9 Å². The Labute approximate surface area is 131 Å². The van der Waals surface area contributed by atoms with Crippen LogP contribution in [-0.4, -0.2) is 36.9 Å². The number of hydroxylamine groups is 2. The number of rotatable bonds is 6. The molecule has 0 aliphatic rings. The fourth-order valence-electron chi connectivity index (χ4n) is 1.47. The first kappa shape index (κ1) is 17.4. The zero-order valence-corrected chi connectivity index (χ0v) is 12.9. The van der Waals surface area contributed by atoms with Gasteiger partial charge in [0.1, 0.15) is 0 Å². The highest BCUT2D eigenvalue weighted by Gasteiger charge is 2.23. The molecule has 1 aromatic carbocycles.